The van der Waals surface area contributed by atoms with Crippen LogP contribution in [0.25, 0.3) is 0 Å². The van der Waals surface area contributed by atoms with E-state index in [0.717, 1.165) is 5.56 Å². The number of ether oxygens (including phenoxy) is 1. The Kier molecular flexibility index (Phi) is 4.90. The number of halogens is 1. The van der Waals surface area contributed by atoms with Gasteiger partial charge >= 0.3 is 0 Å². The maximum atomic E-state index is 13.6. The fourth-order valence-electron chi connectivity index (χ4n) is 1.79. The molecular formula is C13H21FN2O. The van der Waals surface area contributed by atoms with Crippen LogP contribution in [-0.4, -0.2) is 31.6 Å². The molecule has 3 nitrogen and oxygen atoms in total. The molecule has 0 bridgehead atoms. The fourth-order valence-corrected chi connectivity index (χ4v) is 1.79. The van der Waals surface area contributed by atoms with E-state index in [4.69, 9.17) is 10.5 Å². The van der Waals surface area contributed by atoms with E-state index in [1.54, 1.807) is 6.07 Å². The van der Waals surface area contributed by atoms with Gasteiger partial charge in [-0.05, 0) is 38.6 Å². The molecule has 0 radical (unpaired) electrons. The average Bonchev–Trinajstić information content (AvgIpc) is 2.30. The second-order valence-electron chi connectivity index (χ2n) is 4.40. The molecule has 1 aromatic rings. The highest BCUT2D eigenvalue weighted by molar-refractivity contribution is 5.31. The lowest BCUT2D eigenvalue weighted by Gasteiger charge is -2.30. The highest BCUT2D eigenvalue weighted by Gasteiger charge is 2.19. The van der Waals surface area contributed by atoms with Crippen LogP contribution in [0.15, 0.2) is 18.2 Å². The largest absolute Gasteiger partial charge is 0.494 e. The van der Waals surface area contributed by atoms with Gasteiger partial charge in [0.25, 0.3) is 0 Å². The van der Waals surface area contributed by atoms with Gasteiger partial charge in [-0.25, -0.2) is 4.39 Å². The van der Waals surface area contributed by atoms with Gasteiger partial charge in [0, 0.05) is 18.6 Å². The summed E-state index contributed by atoms with van der Waals surface area (Å²) in [6.07, 6.45) is 0. The zero-order chi connectivity index (χ0) is 13.0. The molecule has 1 aromatic carbocycles. The predicted molar refractivity (Wildman–Crippen MR) is 67.6 cm³/mol. The summed E-state index contributed by atoms with van der Waals surface area (Å²) in [5, 5.41) is 0. The Labute approximate surface area is 102 Å². The third-order valence-electron chi connectivity index (χ3n) is 3.09. The number of methoxy groups -OCH3 is 1. The number of hydrogen-bond acceptors (Lipinski definition) is 3. The number of nitrogens with two attached hydrogens (primary N) is 1. The minimum Gasteiger partial charge on any atom is -0.494 e. The molecule has 1 rings (SSSR count). The molecule has 96 valence electrons. The summed E-state index contributed by atoms with van der Waals surface area (Å²) in [5.41, 5.74) is 6.65. The number of hydrogen-bond donors (Lipinski definition) is 1. The fraction of sp³-hybridized carbons (Fsp3) is 0.538. The Bertz CT molecular complexity index is 368. The van der Waals surface area contributed by atoms with Gasteiger partial charge in [0.15, 0.2) is 11.6 Å². The zero-order valence-electron chi connectivity index (χ0n) is 10.9. The normalized spacial score (nSPS) is 13.2. The Balaban J connectivity index is 3.00. The summed E-state index contributed by atoms with van der Waals surface area (Å²) in [5.74, 6) is -0.0858. The summed E-state index contributed by atoms with van der Waals surface area (Å²) in [4.78, 5) is 2.13. The number of rotatable bonds is 5. The van der Waals surface area contributed by atoms with E-state index in [1.807, 2.05) is 13.1 Å². The molecule has 1 atom stereocenters. The van der Waals surface area contributed by atoms with Crippen LogP contribution in [0.5, 0.6) is 5.75 Å². The molecule has 0 aromatic heterocycles. The van der Waals surface area contributed by atoms with Gasteiger partial charge in [-0.2, -0.15) is 0 Å². The van der Waals surface area contributed by atoms with E-state index in [9.17, 15) is 4.39 Å². The molecule has 2 N–H and O–H groups in total. The lowest BCUT2D eigenvalue weighted by Crippen LogP contribution is -2.35. The highest BCUT2D eigenvalue weighted by Crippen LogP contribution is 2.25. The van der Waals surface area contributed by atoms with Crippen LogP contribution >= 0.6 is 0 Å². The Morgan fingerprint density at radius 3 is 2.47 bits per heavy atom. The second kappa shape index (κ2) is 5.98. The van der Waals surface area contributed by atoms with Crippen molar-refractivity contribution in [2.24, 2.45) is 5.73 Å². The summed E-state index contributed by atoms with van der Waals surface area (Å²) in [6, 6.07) is 5.37. The summed E-state index contributed by atoms with van der Waals surface area (Å²) in [7, 11) is 3.45. The number of nitrogens with zero attached hydrogens (tertiary/aromatic N) is 1. The first-order valence-corrected chi connectivity index (χ1v) is 5.76. The smallest absolute Gasteiger partial charge is 0.165 e. The molecule has 4 heteroatoms. The first-order chi connectivity index (χ1) is 8.01. The third kappa shape index (κ3) is 3.17. The lowest BCUT2D eigenvalue weighted by atomic mass is 10.0. The third-order valence-corrected chi connectivity index (χ3v) is 3.09. The monoisotopic (exact) mass is 240 g/mol. The topological polar surface area (TPSA) is 38.5 Å². The van der Waals surface area contributed by atoms with Crippen LogP contribution in [0.4, 0.5) is 4.39 Å². The molecule has 17 heavy (non-hydrogen) atoms. The van der Waals surface area contributed by atoms with E-state index >= 15 is 0 Å². The van der Waals surface area contributed by atoms with Gasteiger partial charge in [-0.1, -0.05) is 6.07 Å². The maximum Gasteiger partial charge on any atom is 0.165 e. The van der Waals surface area contributed by atoms with Crippen LogP contribution in [0, 0.1) is 5.82 Å². The molecule has 0 aliphatic heterocycles. The van der Waals surface area contributed by atoms with Crippen molar-refractivity contribution in [1.82, 2.24) is 4.90 Å². The molecule has 0 aliphatic rings. The van der Waals surface area contributed by atoms with Crippen molar-refractivity contribution in [1.29, 1.82) is 0 Å². The number of likely N-dealkylation sites (N-methyl/N-ethyl adjacent to an activating group) is 1. The summed E-state index contributed by atoms with van der Waals surface area (Å²) >= 11 is 0. The van der Waals surface area contributed by atoms with Crippen molar-refractivity contribution in [2.75, 3.05) is 20.7 Å². The van der Waals surface area contributed by atoms with Crippen LogP contribution in [0.1, 0.15) is 25.5 Å². The molecule has 0 saturated heterocycles. The molecule has 0 aliphatic carbocycles. The molecule has 0 spiro atoms. The van der Waals surface area contributed by atoms with Gasteiger partial charge in [-0.15, -0.1) is 0 Å². The molecule has 0 fully saturated rings. The van der Waals surface area contributed by atoms with Gasteiger partial charge in [-0.3, -0.25) is 4.90 Å². The van der Waals surface area contributed by atoms with E-state index < -0.39 is 0 Å². The van der Waals surface area contributed by atoms with Crippen LogP contribution in [-0.2, 0) is 0 Å². The van der Waals surface area contributed by atoms with Crippen LogP contribution in [0.2, 0.25) is 0 Å². The molecule has 0 heterocycles. The standard InChI is InChI=1S/C13H21FN2O/c1-9(2)16(3)12(8-15)10-5-6-13(17-4)11(14)7-10/h5-7,9,12H,8,15H2,1-4H3. The lowest BCUT2D eigenvalue weighted by molar-refractivity contribution is 0.200. The van der Waals surface area contributed by atoms with E-state index in [-0.39, 0.29) is 17.6 Å². The van der Waals surface area contributed by atoms with Crippen LogP contribution in [0.3, 0.4) is 0 Å². The van der Waals surface area contributed by atoms with Crippen molar-refractivity contribution in [2.45, 2.75) is 25.9 Å². The first-order valence-electron chi connectivity index (χ1n) is 5.76. The van der Waals surface area contributed by atoms with Gasteiger partial charge in [0.05, 0.1) is 7.11 Å². The Hall–Kier alpha value is -1.13. The van der Waals surface area contributed by atoms with Crippen molar-refractivity contribution in [3.05, 3.63) is 29.6 Å². The second-order valence-corrected chi connectivity index (χ2v) is 4.40. The molecule has 1 unspecified atom stereocenters. The van der Waals surface area contributed by atoms with Crippen LogP contribution < -0.4 is 10.5 Å². The maximum absolute atomic E-state index is 13.6. The summed E-state index contributed by atoms with van der Waals surface area (Å²) < 4.78 is 18.5. The van der Waals surface area contributed by atoms with Crippen molar-refractivity contribution in [3.63, 3.8) is 0 Å². The van der Waals surface area contributed by atoms with Gasteiger partial charge in [0.2, 0.25) is 0 Å². The first kappa shape index (κ1) is 13.9. The molecule has 0 amide bonds. The van der Waals surface area contributed by atoms with Gasteiger partial charge in [0.1, 0.15) is 0 Å². The van der Waals surface area contributed by atoms with Crippen molar-refractivity contribution < 1.29 is 9.13 Å². The minimum atomic E-state index is -0.347. The highest BCUT2D eigenvalue weighted by atomic mass is 19.1. The average molecular weight is 240 g/mol. The van der Waals surface area contributed by atoms with E-state index in [2.05, 4.69) is 18.7 Å². The minimum absolute atomic E-state index is 0.0235. The number of benzene rings is 1. The van der Waals surface area contributed by atoms with Crippen molar-refractivity contribution in [3.8, 4) is 5.75 Å². The molecule has 0 saturated carbocycles. The predicted octanol–water partition coefficient (Wildman–Crippen LogP) is 2.17. The Morgan fingerprint density at radius 1 is 1.41 bits per heavy atom. The molecular weight excluding hydrogens is 219 g/mol. The van der Waals surface area contributed by atoms with Gasteiger partial charge < -0.3 is 10.5 Å². The van der Waals surface area contributed by atoms with E-state index in [0.29, 0.717) is 12.6 Å². The zero-order valence-corrected chi connectivity index (χ0v) is 10.9. The van der Waals surface area contributed by atoms with E-state index in [1.165, 1.54) is 13.2 Å². The quantitative estimate of drug-likeness (QED) is 0.857. The van der Waals surface area contributed by atoms with Crippen molar-refractivity contribution >= 4 is 0 Å². The summed E-state index contributed by atoms with van der Waals surface area (Å²) in [6.45, 7) is 4.63. The Morgan fingerprint density at radius 2 is 2.06 bits per heavy atom. The SMILES string of the molecule is COc1ccc(C(CN)N(C)C(C)C)cc1F.